The van der Waals surface area contributed by atoms with Crippen molar-refractivity contribution >= 4 is 0 Å². The van der Waals surface area contributed by atoms with Gasteiger partial charge in [0.15, 0.2) is 0 Å². The second-order valence-electron chi connectivity index (χ2n) is 3.68. The van der Waals surface area contributed by atoms with Gasteiger partial charge in [-0.15, -0.1) is 0 Å². The van der Waals surface area contributed by atoms with Gasteiger partial charge in [0.05, 0.1) is 0 Å². The molecule has 0 heterocycles. The molecule has 0 radical (unpaired) electrons. The normalized spacial score (nSPS) is 12.7. The lowest BCUT2D eigenvalue weighted by Crippen LogP contribution is -2.23. The molecule has 1 atom stereocenters. The molecule has 4 nitrogen and oxygen atoms in total. The van der Waals surface area contributed by atoms with E-state index in [0.717, 1.165) is 19.3 Å². The molecule has 4 heteroatoms. The number of nitro groups is 1. The Bertz CT molecular complexity index is 150. The summed E-state index contributed by atoms with van der Waals surface area (Å²) in [6, 6.07) is -0.749. The van der Waals surface area contributed by atoms with Crippen LogP contribution in [0.2, 0.25) is 0 Å². The number of nitrogens with zero attached hydrogens (tertiary/aromatic N) is 1. The number of unbranched alkanes of at least 4 members (excludes halogenated alkanes) is 5. The SMILES string of the molecule is CCCCCCCCC(CO)[N+](=O)[O-]. The summed E-state index contributed by atoms with van der Waals surface area (Å²) in [5.41, 5.74) is 0. The molecular formula is C10H21NO3. The van der Waals surface area contributed by atoms with Crippen LogP contribution in [0.5, 0.6) is 0 Å². The minimum absolute atomic E-state index is 0.331. The lowest BCUT2D eigenvalue weighted by atomic mass is 10.1. The summed E-state index contributed by atoms with van der Waals surface area (Å²) >= 11 is 0. The van der Waals surface area contributed by atoms with E-state index in [-0.39, 0.29) is 11.5 Å². The maximum atomic E-state index is 10.3. The molecule has 14 heavy (non-hydrogen) atoms. The van der Waals surface area contributed by atoms with Crippen molar-refractivity contribution in [2.75, 3.05) is 6.61 Å². The van der Waals surface area contributed by atoms with Gasteiger partial charge in [-0.2, -0.15) is 0 Å². The van der Waals surface area contributed by atoms with Crippen molar-refractivity contribution in [1.29, 1.82) is 0 Å². The van der Waals surface area contributed by atoms with Crippen LogP contribution < -0.4 is 0 Å². The molecule has 0 saturated heterocycles. The van der Waals surface area contributed by atoms with Crippen LogP contribution in [0.4, 0.5) is 0 Å². The van der Waals surface area contributed by atoms with Crippen LogP contribution in [0.1, 0.15) is 51.9 Å². The largest absolute Gasteiger partial charge is 0.389 e. The van der Waals surface area contributed by atoms with Gasteiger partial charge in [-0.1, -0.05) is 39.0 Å². The van der Waals surface area contributed by atoms with E-state index in [1.807, 2.05) is 0 Å². The number of hydrogen-bond acceptors (Lipinski definition) is 3. The molecule has 1 N–H and O–H groups in total. The molecule has 1 unspecified atom stereocenters. The second-order valence-corrected chi connectivity index (χ2v) is 3.68. The number of rotatable bonds is 9. The molecule has 0 aliphatic rings. The van der Waals surface area contributed by atoms with Gasteiger partial charge in [0.1, 0.15) is 6.61 Å². The third kappa shape index (κ3) is 6.83. The zero-order chi connectivity index (χ0) is 10.8. The van der Waals surface area contributed by atoms with Crippen LogP contribution in [0, 0.1) is 10.1 Å². The number of aliphatic hydroxyl groups is 1. The number of hydrogen-bond donors (Lipinski definition) is 1. The van der Waals surface area contributed by atoms with E-state index < -0.39 is 6.04 Å². The Kier molecular flexibility index (Phi) is 8.53. The fraction of sp³-hybridized carbons (Fsp3) is 1.00. The molecule has 0 bridgehead atoms. The Labute approximate surface area is 85.5 Å². The van der Waals surface area contributed by atoms with Crippen molar-refractivity contribution < 1.29 is 10.0 Å². The Morgan fingerprint density at radius 3 is 2.29 bits per heavy atom. The quantitative estimate of drug-likeness (QED) is 0.355. The van der Waals surface area contributed by atoms with Crippen molar-refractivity contribution in [2.45, 2.75) is 57.9 Å². The van der Waals surface area contributed by atoms with Gasteiger partial charge in [0, 0.05) is 11.3 Å². The smallest absolute Gasteiger partial charge is 0.235 e. The van der Waals surface area contributed by atoms with E-state index in [2.05, 4.69) is 6.92 Å². The fourth-order valence-electron chi connectivity index (χ4n) is 1.42. The summed E-state index contributed by atoms with van der Waals surface area (Å²) in [6.07, 6.45) is 7.26. The van der Waals surface area contributed by atoms with Gasteiger partial charge in [-0.25, -0.2) is 0 Å². The monoisotopic (exact) mass is 203 g/mol. The third-order valence-electron chi connectivity index (χ3n) is 2.40. The molecule has 0 aliphatic carbocycles. The maximum absolute atomic E-state index is 10.3. The molecule has 0 aliphatic heterocycles. The van der Waals surface area contributed by atoms with E-state index in [1.165, 1.54) is 19.3 Å². The van der Waals surface area contributed by atoms with Gasteiger partial charge >= 0.3 is 0 Å². The molecular weight excluding hydrogens is 182 g/mol. The summed E-state index contributed by atoms with van der Waals surface area (Å²) < 4.78 is 0. The van der Waals surface area contributed by atoms with Crippen LogP contribution >= 0.6 is 0 Å². The highest BCUT2D eigenvalue weighted by atomic mass is 16.6. The van der Waals surface area contributed by atoms with Gasteiger partial charge in [0.25, 0.3) is 0 Å². The molecule has 0 spiro atoms. The molecule has 0 amide bonds. The van der Waals surface area contributed by atoms with Crippen LogP contribution in [-0.4, -0.2) is 22.7 Å². The Morgan fingerprint density at radius 2 is 1.79 bits per heavy atom. The van der Waals surface area contributed by atoms with Gasteiger partial charge in [0.2, 0.25) is 6.04 Å². The van der Waals surface area contributed by atoms with E-state index in [9.17, 15) is 10.1 Å². The predicted octanol–water partition coefficient (Wildman–Crippen LogP) is 2.37. The maximum Gasteiger partial charge on any atom is 0.235 e. The first-order valence-corrected chi connectivity index (χ1v) is 5.46. The fourth-order valence-corrected chi connectivity index (χ4v) is 1.42. The molecule has 0 fully saturated rings. The van der Waals surface area contributed by atoms with Crippen molar-refractivity contribution in [3.63, 3.8) is 0 Å². The highest BCUT2D eigenvalue weighted by Gasteiger charge is 2.17. The first kappa shape index (κ1) is 13.4. The highest BCUT2D eigenvalue weighted by Crippen LogP contribution is 2.09. The Balaban J connectivity index is 3.29. The van der Waals surface area contributed by atoms with E-state index >= 15 is 0 Å². The molecule has 84 valence electrons. The van der Waals surface area contributed by atoms with Gasteiger partial charge in [-0.05, 0) is 6.42 Å². The van der Waals surface area contributed by atoms with Crippen LogP contribution in [0.15, 0.2) is 0 Å². The minimum Gasteiger partial charge on any atom is -0.389 e. The predicted molar refractivity (Wildman–Crippen MR) is 55.9 cm³/mol. The first-order valence-electron chi connectivity index (χ1n) is 5.46. The van der Waals surface area contributed by atoms with Crippen molar-refractivity contribution in [1.82, 2.24) is 0 Å². The molecule has 0 aromatic heterocycles. The van der Waals surface area contributed by atoms with Crippen LogP contribution in [-0.2, 0) is 0 Å². The summed E-state index contributed by atoms with van der Waals surface area (Å²) in [5.74, 6) is 0. The summed E-state index contributed by atoms with van der Waals surface area (Å²) in [5, 5.41) is 19.0. The average molecular weight is 203 g/mol. The summed E-state index contributed by atoms with van der Waals surface area (Å²) in [7, 11) is 0. The molecule has 0 aromatic carbocycles. The highest BCUT2D eigenvalue weighted by molar-refractivity contribution is 4.55. The average Bonchev–Trinajstić information content (AvgIpc) is 2.16. The van der Waals surface area contributed by atoms with E-state index in [0.29, 0.717) is 6.42 Å². The zero-order valence-corrected chi connectivity index (χ0v) is 8.95. The van der Waals surface area contributed by atoms with E-state index in [1.54, 1.807) is 0 Å². The van der Waals surface area contributed by atoms with Crippen molar-refractivity contribution in [3.05, 3.63) is 10.1 Å². The summed E-state index contributed by atoms with van der Waals surface area (Å²) in [4.78, 5) is 9.96. The standard InChI is InChI=1S/C10H21NO3/c1-2-3-4-5-6-7-8-10(9-12)11(13)14/h10,12H,2-9H2,1H3. The van der Waals surface area contributed by atoms with Crippen molar-refractivity contribution in [3.8, 4) is 0 Å². The molecule has 0 saturated carbocycles. The van der Waals surface area contributed by atoms with E-state index in [4.69, 9.17) is 5.11 Å². The lowest BCUT2D eigenvalue weighted by Gasteiger charge is -2.05. The Hall–Kier alpha value is -0.640. The van der Waals surface area contributed by atoms with Crippen molar-refractivity contribution in [2.24, 2.45) is 0 Å². The van der Waals surface area contributed by atoms with Gasteiger partial charge < -0.3 is 5.11 Å². The van der Waals surface area contributed by atoms with Gasteiger partial charge in [-0.3, -0.25) is 10.1 Å². The second kappa shape index (κ2) is 8.94. The Morgan fingerprint density at radius 1 is 1.21 bits per heavy atom. The molecule has 0 rings (SSSR count). The third-order valence-corrected chi connectivity index (χ3v) is 2.40. The molecule has 0 aromatic rings. The van der Waals surface area contributed by atoms with Crippen LogP contribution in [0.25, 0.3) is 0 Å². The first-order chi connectivity index (χ1) is 6.72. The minimum atomic E-state index is -0.749. The zero-order valence-electron chi connectivity index (χ0n) is 8.95. The topological polar surface area (TPSA) is 63.4 Å². The summed E-state index contributed by atoms with van der Waals surface area (Å²) in [6.45, 7) is 1.83. The lowest BCUT2D eigenvalue weighted by molar-refractivity contribution is -0.526. The van der Waals surface area contributed by atoms with Crippen LogP contribution in [0.3, 0.4) is 0 Å². The number of aliphatic hydroxyl groups excluding tert-OH is 1.